The molecule has 2 N–H and O–H groups in total. The normalized spacial score (nSPS) is 10.6. The largest absolute Gasteiger partial charge is 0.472 e. The standard InChI is InChI=1S/C8H9N3O2S/c12-7-9-10-8(14)11(7)3-1-6-2-4-13-5-6/h2,4-5H,1,3H2,(H,9,12)(H,10,14). The van der Waals surface area contributed by atoms with Gasteiger partial charge >= 0.3 is 5.69 Å². The Balaban J connectivity index is 2.13. The Morgan fingerprint density at radius 3 is 2.93 bits per heavy atom. The van der Waals surface area contributed by atoms with Gasteiger partial charge in [0.25, 0.3) is 0 Å². The highest BCUT2D eigenvalue weighted by molar-refractivity contribution is 7.71. The lowest BCUT2D eigenvalue weighted by Crippen LogP contribution is -2.17. The van der Waals surface area contributed by atoms with E-state index in [4.69, 9.17) is 16.6 Å². The summed E-state index contributed by atoms with van der Waals surface area (Å²) in [5.41, 5.74) is 0.839. The zero-order valence-corrected chi connectivity index (χ0v) is 8.13. The Hall–Kier alpha value is -1.56. The van der Waals surface area contributed by atoms with Crippen molar-refractivity contribution in [1.29, 1.82) is 0 Å². The number of aryl methyl sites for hydroxylation is 1. The second-order valence-corrected chi connectivity index (χ2v) is 3.28. The molecule has 74 valence electrons. The first-order chi connectivity index (χ1) is 6.77. The van der Waals surface area contributed by atoms with Crippen LogP contribution in [0.4, 0.5) is 0 Å². The Kier molecular flexibility index (Phi) is 2.36. The number of nitrogens with one attached hydrogen (secondary N) is 2. The van der Waals surface area contributed by atoms with Crippen molar-refractivity contribution >= 4 is 12.2 Å². The van der Waals surface area contributed by atoms with Gasteiger partial charge in [-0.1, -0.05) is 0 Å². The maximum Gasteiger partial charge on any atom is 0.342 e. The van der Waals surface area contributed by atoms with Crippen LogP contribution in [0.15, 0.2) is 27.8 Å². The molecular weight excluding hydrogens is 202 g/mol. The van der Waals surface area contributed by atoms with E-state index in [0.717, 1.165) is 12.0 Å². The van der Waals surface area contributed by atoms with Crippen LogP contribution in [0.2, 0.25) is 0 Å². The van der Waals surface area contributed by atoms with Crippen molar-refractivity contribution < 1.29 is 4.42 Å². The van der Waals surface area contributed by atoms with Gasteiger partial charge in [0.2, 0.25) is 0 Å². The number of hydrogen-bond donors (Lipinski definition) is 2. The van der Waals surface area contributed by atoms with E-state index in [-0.39, 0.29) is 5.69 Å². The van der Waals surface area contributed by atoms with Crippen molar-refractivity contribution in [3.63, 3.8) is 0 Å². The molecule has 0 radical (unpaired) electrons. The van der Waals surface area contributed by atoms with Gasteiger partial charge in [0.1, 0.15) is 0 Å². The molecule has 0 spiro atoms. The predicted octanol–water partition coefficient (Wildman–Crippen LogP) is 1.07. The average Bonchev–Trinajstić information content (AvgIpc) is 2.76. The van der Waals surface area contributed by atoms with E-state index >= 15 is 0 Å². The predicted molar refractivity (Wildman–Crippen MR) is 52.6 cm³/mol. The summed E-state index contributed by atoms with van der Waals surface area (Å²) in [7, 11) is 0. The SMILES string of the molecule is O=c1[nH][nH]c(=S)n1CCc1ccoc1. The highest BCUT2D eigenvalue weighted by Crippen LogP contribution is 2.01. The minimum Gasteiger partial charge on any atom is -0.472 e. The highest BCUT2D eigenvalue weighted by Gasteiger charge is 2.00. The fourth-order valence-electron chi connectivity index (χ4n) is 1.21. The Morgan fingerprint density at radius 1 is 1.50 bits per heavy atom. The van der Waals surface area contributed by atoms with Crippen molar-refractivity contribution in [2.45, 2.75) is 13.0 Å². The molecule has 0 amide bonds. The van der Waals surface area contributed by atoms with Crippen LogP contribution in [0.1, 0.15) is 5.56 Å². The Labute approximate surface area is 84.4 Å². The van der Waals surface area contributed by atoms with Crippen LogP contribution in [-0.4, -0.2) is 14.8 Å². The van der Waals surface area contributed by atoms with E-state index in [1.54, 1.807) is 12.5 Å². The maximum atomic E-state index is 11.2. The number of rotatable bonds is 3. The Morgan fingerprint density at radius 2 is 2.36 bits per heavy atom. The summed E-state index contributed by atoms with van der Waals surface area (Å²) >= 11 is 4.92. The lowest BCUT2D eigenvalue weighted by molar-refractivity contribution is 0.560. The van der Waals surface area contributed by atoms with Gasteiger partial charge in [0.15, 0.2) is 4.77 Å². The molecule has 0 bridgehead atoms. The summed E-state index contributed by atoms with van der Waals surface area (Å²) in [6.07, 6.45) is 3.99. The summed E-state index contributed by atoms with van der Waals surface area (Å²) in [6.45, 7) is 0.553. The van der Waals surface area contributed by atoms with Crippen LogP contribution in [0.25, 0.3) is 0 Å². The first kappa shape index (κ1) is 9.01. The molecule has 0 aliphatic heterocycles. The molecule has 0 saturated carbocycles. The van der Waals surface area contributed by atoms with Crippen LogP contribution in [0.3, 0.4) is 0 Å². The second-order valence-electron chi connectivity index (χ2n) is 2.89. The molecule has 0 aliphatic rings. The van der Waals surface area contributed by atoms with Crippen LogP contribution >= 0.6 is 12.2 Å². The first-order valence-corrected chi connectivity index (χ1v) is 4.57. The third-order valence-corrected chi connectivity index (χ3v) is 2.29. The molecule has 0 aliphatic carbocycles. The summed E-state index contributed by atoms with van der Waals surface area (Å²) in [4.78, 5) is 11.2. The quantitative estimate of drug-likeness (QED) is 0.746. The van der Waals surface area contributed by atoms with Gasteiger partial charge in [0, 0.05) is 6.54 Å². The first-order valence-electron chi connectivity index (χ1n) is 4.16. The summed E-state index contributed by atoms with van der Waals surface area (Å²) in [5.74, 6) is 0. The van der Waals surface area contributed by atoms with Gasteiger partial charge in [-0.25, -0.2) is 9.89 Å². The lowest BCUT2D eigenvalue weighted by atomic mass is 10.2. The van der Waals surface area contributed by atoms with E-state index in [1.165, 1.54) is 4.57 Å². The van der Waals surface area contributed by atoms with E-state index in [9.17, 15) is 4.79 Å². The molecule has 0 fully saturated rings. The smallest absolute Gasteiger partial charge is 0.342 e. The molecule has 14 heavy (non-hydrogen) atoms. The summed E-state index contributed by atoms with van der Waals surface area (Å²) in [5, 5.41) is 5.01. The summed E-state index contributed by atoms with van der Waals surface area (Å²) in [6, 6.07) is 1.87. The van der Waals surface area contributed by atoms with Crippen molar-refractivity contribution in [3.8, 4) is 0 Å². The zero-order valence-electron chi connectivity index (χ0n) is 7.32. The van der Waals surface area contributed by atoms with Crippen molar-refractivity contribution in [1.82, 2.24) is 14.8 Å². The number of aromatic amines is 2. The molecule has 6 heteroatoms. The fraction of sp³-hybridized carbons (Fsp3) is 0.250. The molecule has 2 rings (SSSR count). The molecule has 5 nitrogen and oxygen atoms in total. The topological polar surface area (TPSA) is 66.7 Å². The van der Waals surface area contributed by atoms with Crippen molar-refractivity contribution in [3.05, 3.63) is 39.4 Å². The van der Waals surface area contributed by atoms with E-state index in [2.05, 4.69) is 10.2 Å². The molecule has 0 aromatic carbocycles. The average molecular weight is 211 g/mol. The Bertz CT molecular complexity index is 478. The van der Waals surface area contributed by atoms with Crippen LogP contribution < -0.4 is 5.69 Å². The van der Waals surface area contributed by atoms with Crippen molar-refractivity contribution in [2.75, 3.05) is 0 Å². The minimum atomic E-state index is -0.210. The minimum absolute atomic E-state index is 0.210. The van der Waals surface area contributed by atoms with E-state index in [0.29, 0.717) is 11.3 Å². The third kappa shape index (κ3) is 1.69. The van der Waals surface area contributed by atoms with Gasteiger partial charge in [-0.2, -0.15) is 0 Å². The van der Waals surface area contributed by atoms with Crippen LogP contribution in [-0.2, 0) is 13.0 Å². The molecule has 0 saturated heterocycles. The van der Waals surface area contributed by atoms with Crippen LogP contribution in [0, 0.1) is 4.77 Å². The monoisotopic (exact) mass is 211 g/mol. The molecule has 0 atom stereocenters. The van der Waals surface area contributed by atoms with Gasteiger partial charge in [0.05, 0.1) is 12.5 Å². The van der Waals surface area contributed by atoms with Crippen molar-refractivity contribution in [2.24, 2.45) is 0 Å². The van der Waals surface area contributed by atoms with Gasteiger partial charge in [-0.15, -0.1) is 0 Å². The van der Waals surface area contributed by atoms with E-state index in [1.807, 2.05) is 6.07 Å². The molecule has 2 aromatic rings. The van der Waals surface area contributed by atoms with Crippen LogP contribution in [0.5, 0.6) is 0 Å². The van der Waals surface area contributed by atoms with Gasteiger partial charge in [-0.05, 0) is 30.3 Å². The fourth-order valence-corrected chi connectivity index (χ4v) is 1.44. The number of aromatic nitrogens is 3. The third-order valence-electron chi connectivity index (χ3n) is 1.97. The second kappa shape index (κ2) is 3.67. The molecule has 2 heterocycles. The molecular formula is C8H9N3O2S. The summed E-state index contributed by atoms with van der Waals surface area (Å²) < 4.78 is 6.81. The van der Waals surface area contributed by atoms with E-state index < -0.39 is 0 Å². The van der Waals surface area contributed by atoms with Gasteiger partial charge < -0.3 is 4.42 Å². The zero-order chi connectivity index (χ0) is 9.97. The highest BCUT2D eigenvalue weighted by atomic mass is 32.1. The lowest BCUT2D eigenvalue weighted by Gasteiger charge is -1.96. The number of hydrogen-bond acceptors (Lipinski definition) is 3. The number of nitrogens with zero attached hydrogens (tertiary/aromatic N) is 1. The van der Waals surface area contributed by atoms with Gasteiger partial charge in [-0.3, -0.25) is 9.67 Å². The number of H-pyrrole nitrogens is 2. The molecule has 0 unspecified atom stereocenters. The molecule has 2 aromatic heterocycles. The maximum absolute atomic E-state index is 11.2. The number of furan rings is 1.